The summed E-state index contributed by atoms with van der Waals surface area (Å²) in [5, 5.41) is 5.87. The lowest BCUT2D eigenvalue weighted by atomic mass is 10.2. The van der Waals surface area contributed by atoms with Crippen molar-refractivity contribution >= 4 is 17.4 Å². The molecule has 1 heterocycles. The van der Waals surface area contributed by atoms with E-state index in [1.165, 1.54) is 12.8 Å². The first-order valence-corrected chi connectivity index (χ1v) is 6.57. The van der Waals surface area contributed by atoms with Gasteiger partial charge in [0.05, 0.1) is 17.7 Å². The maximum atomic E-state index is 11.6. The van der Waals surface area contributed by atoms with E-state index < -0.39 is 0 Å². The lowest BCUT2D eigenvalue weighted by Crippen LogP contribution is -2.40. The highest BCUT2D eigenvalue weighted by Crippen LogP contribution is 2.17. The highest BCUT2D eigenvalue weighted by atomic mass is 32.1. The van der Waals surface area contributed by atoms with E-state index in [0.29, 0.717) is 12.6 Å². The van der Waals surface area contributed by atoms with E-state index in [1.807, 2.05) is 6.92 Å². The molecule has 1 aromatic rings. The van der Waals surface area contributed by atoms with Gasteiger partial charge in [0.2, 0.25) is 0 Å². The topological polar surface area (TPSA) is 54.0 Å². The van der Waals surface area contributed by atoms with Crippen LogP contribution in [0.25, 0.3) is 0 Å². The van der Waals surface area contributed by atoms with Crippen LogP contribution in [0.1, 0.15) is 36.3 Å². The summed E-state index contributed by atoms with van der Waals surface area (Å²) >= 11 is 1.58. The van der Waals surface area contributed by atoms with Gasteiger partial charge < -0.3 is 10.6 Å². The Morgan fingerprint density at radius 2 is 2.31 bits per heavy atom. The summed E-state index contributed by atoms with van der Waals surface area (Å²) < 4.78 is 0. The smallest absolute Gasteiger partial charge is 0.315 e. The van der Waals surface area contributed by atoms with Crippen molar-refractivity contribution in [2.45, 2.75) is 45.2 Å². The molecule has 0 aromatic carbocycles. The number of thiazole rings is 1. The summed E-state index contributed by atoms with van der Waals surface area (Å²) in [6.07, 6.45) is 4.71. The molecule has 1 fully saturated rings. The average molecular weight is 239 g/mol. The summed E-state index contributed by atoms with van der Waals surface area (Å²) in [5.41, 5.74) is 2.81. The third-order valence-electron chi connectivity index (χ3n) is 2.94. The molecule has 0 saturated heterocycles. The normalized spacial score (nSPS) is 16.3. The van der Waals surface area contributed by atoms with Crippen LogP contribution in [-0.4, -0.2) is 17.1 Å². The fourth-order valence-corrected chi connectivity index (χ4v) is 2.68. The van der Waals surface area contributed by atoms with Crippen LogP contribution in [0.15, 0.2) is 5.51 Å². The maximum Gasteiger partial charge on any atom is 0.315 e. The van der Waals surface area contributed by atoms with E-state index in [9.17, 15) is 4.79 Å². The number of nitrogens with zero attached hydrogens (tertiary/aromatic N) is 1. The first-order chi connectivity index (χ1) is 7.75. The first-order valence-electron chi connectivity index (χ1n) is 5.69. The van der Waals surface area contributed by atoms with Crippen molar-refractivity contribution in [3.05, 3.63) is 16.1 Å². The summed E-state index contributed by atoms with van der Waals surface area (Å²) in [5.74, 6) is 0. The Morgan fingerprint density at radius 3 is 2.94 bits per heavy atom. The number of aromatic nitrogens is 1. The van der Waals surface area contributed by atoms with Crippen LogP contribution in [0.4, 0.5) is 4.79 Å². The minimum atomic E-state index is -0.0558. The number of rotatable bonds is 3. The van der Waals surface area contributed by atoms with Gasteiger partial charge in [0.15, 0.2) is 0 Å². The van der Waals surface area contributed by atoms with E-state index in [-0.39, 0.29) is 6.03 Å². The van der Waals surface area contributed by atoms with Gasteiger partial charge in [-0.3, -0.25) is 0 Å². The number of urea groups is 1. The Labute approximate surface area is 99.5 Å². The van der Waals surface area contributed by atoms with Crippen LogP contribution in [0.3, 0.4) is 0 Å². The lowest BCUT2D eigenvalue weighted by Gasteiger charge is -2.12. The number of hydrogen-bond donors (Lipinski definition) is 2. The number of amides is 2. The Kier molecular flexibility index (Phi) is 3.77. The lowest BCUT2D eigenvalue weighted by molar-refractivity contribution is 0.237. The Bertz CT molecular complexity index is 358. The summed E-state index contributed by atoms with van der Waals surface area (Å²) in [6.45, 7) is 2.54. The summed E-state index contributed by atoms with van der Waals surface area (Å²) in [6, 6.07) is 0.322. The van der Waals surface area contributed by atoms with Crippen molar-refractivity contribution < 1.29 is 4.79 Å². The molecule has 0 radical (unpaired) electrons. The molecule has 5 heteroatoms. The van der Waals surface area contributed by atoms with Crippen molar-refractivity contribution in [2.75, 3.05) is 0 Å². The second-order valence-electron chi connectivity index (χ2n) is 4.17. The van der Waals surface area contributed by atoms with Crippen molar-refractivity contribution in [1.29, 1.82) is 0 Å². The van der Waals surface area contributed by atoms with Crippen molar-refractivity contribution in [1.82, 2.24) is 15.6 Å². The quantitative estimate of drug-likeness (QED) is 0.849. The predicted octanol–water partition coefficient (Wildman–Crippen LogP) is 2.19. The molecule has 1 aromatic heterocycles. The molecular formula is C11H17N3OS. The highest BCUT2D eigenvalue weighted by molar-refractivity contribution is 7.09. The predicted molar refractivity (Wildman–Crippen MR) is 64.5 cm³/mol. The van der Waals surface area contributed by atoms with E-state index in [2.05, 4.69) is 15.6 Å². The molecule has 0 unspecified atom stereocenters. The first kappa shape index (κ1) is 11.4. The molecule has 0 bridgehead atoms. The zero-order chi connectivity index (χ0) is 11.4. The minimum Gasteiger partial charge on any atom is -0.335 e. The third kappa shape index (κ3) is 2.95. The monoisotopic (exact) mass is 239 g/mol. The van der Waals surface area contributed by atoms with E-state index >= 15 is 0 Å². The molecule has 1 aliphatic rings. The summed E-state index contributed by atoms with van der Waals surface area (Å²) in [7, 11) is 0. The van der Waals surface area contributed by atoms with Crippen LogP contribution in [0.2, 0.25) is 0 Å². The van der Waals surface area contributed by atoms with Gasteiger partial charge in [0.1, 0.15) is 0 Å². The van der Waals surface area contributed by atoms with Gasteiger partial charge in [-0.15, -0.1) is 11.3 Å². The SMILES string of the molecule is Cc1ncsc1CNC(=O)NC1CCCC1. The van der Waals surface area contributed by atoms with Gasteiger partial charge >= 0.3 is 6.03 Å². The van der Waals surface area contributed by atoms with Gasteiger partial charge in [0.25, 0.3) is 0 Å². The summed E-state index contributed by atoms with van der Waals surface area (Å²) in [4.78, 5) is 16.8. The van der Waals surface area contributed by atoms with Crippen LogP contribution in [-0.2, 0) is 6.54 Å². The molecule has 1 saturated carbocycles. The van der Waals surface area contributed by atoms with Crippen LogP contribution >= 0.6 is 11.3 Å². The van der Waals surface area contributed by atoms with Gasteiger partial charge in [0, 0.05) is 10.9 Å². The van der Waals surface area contributed by atoms with E-state index in [4.69, 9.17) is 0 Å². The molecule has 2 N–H and O–H groups in total. The van der Waals surface area contributed by atoms with Crippen LogP contribution in [0.5, 0.6) is 0 Å². The third-order valence-corrected chi connectivity index (χ3v) is 3.88. The molecule has 0 atom stereocenters. The Balaban J connectivity index is 1.73. The highest BCUT2D eigenvalue weighted by Gasteiger charge is 2.16. The maximum absolute atomic E-state index is 11.6. The number of hydrogen-bond acceptors (Lipinski definition) is 3. The second kappa shape index (κ2) is 5.30. The van der Waals surface area contributed by atoms with Gasteiger partial charge in [-0.05, 0) is 19.8 Å². The molecule has 88 valence electrons. The van der Waals surface area contributed by atoms with Crippen molar-refractivity contribution in [2.24, 2.45) is 0 Å². The van der Waals surface area contributed by atoms with Gasteiger partial charge in [-0.1, -0.05) is 12.8 Å². The number of carbonyl (C=O) groups is 1. The second-order valence-corrected chi connectivity index (χ2v) is 5.11. The van der Waals surface area contributed by atoms with Crippen molar-refractivity contribution in [3.63, 3.8) is 0 Å². The number of carbonyl (C=O) groups excluding carboxylic acids is 1. The van der Waals surface area contributed by atoms with E-state index in [0.717, 1.165) is 23.4 Å². The molecule has 2 amide bonds. The molecular weight excluding hydrogens is 222 g/mol. The zero-order valence-corrected chi connectivity index (χ0v) is 10.3. The molecule has 1 aliphatic carbocycles. The Morgan fingerprint density at radius 1 is 1.56 bits per heavy atom. The molecule has 4 nitrogen and oxygen atoms in total. The molecule has 0 spiro atoms. The molecule has 0 aliphatic heterocycles. The number of aryl methyl sites for hydroxylation is 1. The fraction of sp³-hybridized carbons (Fsp3) is 0.636. The molecule has 16 heavy (non-hydrogen) atoms. The average Bonchev–Trinajstić information content (AvgIpc) is 2.87. The largest absolute Gasteiger partial charge is 0.335 e. The van der Waals surface area contributed by atoms with Gasteiger partial charge in [-0.2, -0.15) is 0 Å². The fourth-order valence-electron chi connectivity index (χ4n) is 1.96. The van der Waals surface area contributed by atoms with Crippen LogP contribution < -0.4 is 10.6 Å². The van der Waals surface area contributed by atoms with Crippen molar-refractivity contribution in [3.8, 4) is 0 Å². The zero-order valence-electron chi connectivity index (χ0n) is 9.45. The number of nitrogens with one attached hydrogen (secondary N) is 2. The van der Waals surface area contributed by atoms with Crippen LogP contribution in [0, 0.1) is 6.92 Å². The Hall–Kier alpha value is -1.10. The van der Waals surface area contributed by atoms with Gasteiger partial charge in [-0.25, -0.2) is 9.78 Å². The standard InChI is InChI=1S/C11H17N3OS/c1-8-10(16-7-13-8)6-12-11(15)14-9-4-2-3-5-9/h7,9H,2-6H2,1H3,(H2,12,14,15). The van der Waals surface area contributed by atoms with E-state index in [1.54, 1.807) is 16.8 Å². The molecule has 2 rings (SSSR count). The minimum absolute atomic E-state index is 0.0558.